The zero-order valence-electron chi connectivity index (χ0n) is 35.1. The number of rotatable bonds is 12. The third-order valence-electron chi connectivity index (χ3n) is 10.2. The normalized spacial score (nSPS) is 11.2. The minimum Gasteiger partial charge on any atom is -0.332 e. The van der Waals surface area contributed by atoms with Crippen molar-refractivity contribution in [1.29, 1.82) is 0 Å². The Bertz CT molecular complexity index is 3170. The third kappa shape index (κ3) is 11.5. The van der Waals surface area contributed by atoms with Gasteiger partial charge in [-0.15, -0.1) is 0 Å². The van der Waals surface area contributed by atoms with E-state index in [4.69, 9.17) is 24.4 Å². The number of benzene rings is 8. The van der Waals surface area contributed by atoms with Crippen LogP contribution in [0.25, 0.3) is 21.5 Å². The highest BCUT2D eigenvalue weighted by molar-refractivity contribution is 7.90. The number of fused-ring (bicyclic) bond motifs is 2. The van der Waals surface area contributed by atoms with Gasteiger partial charge in [-0.25, -0.2) is 35.9 Å². The molecule has 0 saturated heterocycles. The molecule has 0 spiro atoms. The van der Waals surface area contributed by atoms with Crippen LogP contribution < -0.4 is 41.3 Å². The molecule has 4 amide bonds. The largest absolute Gasteiger partial charge is 0.333 e. The van der Waals surface area contributed by atoms with Crippen LogP contribution in [0.4, 0.5) is 43.7 Å². The molecular formula is C49H40N8O6S4. The van der Waals surface area contributed by atoms with Gasteiger partial charge in [-0.3, -0.25) is 0 Å². The molecular weight excluding hydrogens is 925 g/mol. The lowest BCUT2D eigenvalue weighted by atomic mass is 10.0. The SMILES string of the molecule is O=C(Nc1ccc(Cc2ccc(NC(=O)NS(=O)(=O)c3ccccc3NC(=S)Nc3cccc4ccccc34)cc2)cc1)NS(=O)(=O)c1ccccc1NC(=S)Nc1cccc2ccccc12. The number of anilines is 6. The maximum atomic E-state index is 13.4. The molecule has 8 rings (SSSR count). The van der Waals surface area contributed by atoms with Crippen molar-refractivity contribution in [2.45, 2.75) is 16.2 Å². The summed E-state index contributed by atoms with van der Waals surface area (Å²) >= 11 is 11.0. The number of hydrogen-bond donors (Lipinski definition) is 8. The summed E-state index contributed by atoms with van der Waals surface area (Å²) in [5.41, 5.74) is 4.26. The smallest absolute Gasteiger partial charge is 0.332 e. The fraction of sp³-hybridized carbons (Fsp3) is 0.0204. The number of carbonyl (C=O) groups is 2. The molecule has 0 atom stereocenters. The molecule has 14 nitrogen and oxygen atoms in total. The van der Waals surface area contributed by atoms with Gasteiger partial charge in [0.1, 0.15) is 9.79 Å². The van der Waals surface area contributed by atoms with Crippen LogP contribution in [0.3, 0.4) is 0 Å². The summed E-state index contributed by atoms with van der Waals surface area (Å²) in [7, 11) is -8.69. The van der Waals surface area contributed by atoms with E-state index in [1.807, 2.05) is 84.9 Å². The van der Waals surface area contributed by atoms with Crippen LogP contribution in [0.1, 0.15) is 11.1 Å². The van der Waals surface area contributed by atoms with Crippen LogP contribution in [-0.4, -0.2) is 39.1 Å². The van der Waals surface area contributed by atoms with Crippen molar-refractivity contribution in [3.63, 3.8) is 0 Å². The molecule has 0 fully saturated rings. The number of hydrogen-bond acceptors (Lipinski definition) is 8. The monoisotopic (exact) mass is 964 g/mol. The van der Waals surface area contributed by atoms with E-state index in [0.717, 1.165) is 44.0 Å². The highest BCUT2D eigenvalue weighted by Gasteiger charge is 2.23. The maximum Gasteiger partial charge on any atom is 0.333 e. The van der Waals surface area contributed by atoms with Crippen molar-refractivity contribution in [3.8, 4) is 0 Å². The first kappa shape index (κ1) is 45.7. The predicted octanol–water partition coefficient (Wildman–Crippen LogP) is 10.2. The first-order chi connectivity index (χ1) is 32.3. The van der Waals surface area contributed by atoms with Gasteiger partial charge in [0, 0.05) is 33.5 Å². The van der Waals surface area contributed by atoms with Crippen LogP contribution in [0, 0.1) is 0 Å². The van der Waals surface area contributed by atoms with E-state index < -0.39 is 32.1 Å². The molecule has 0 saturated carbocycles. The summed E-state index contributed by atoms with van der Waals surface area (Å²) < 4.78 is 57.8. The summed E-state index contributed by atoms with van der Waals surface area (Å²) in [6, 6.07) is 50.9. The first-order valence-corrected chi connectivity index (χ1v) is 24.2. The van der Waals surface area contributed by atoms with Crippen molar-refractivity contribution < 1.29 is 26.4 Å². The number of sulfonamides is 2. The molecule has 0 aromatic heterocycles. The van der Waals surface area contributed by atoms with Crippen LogP contribution in [0.15, 0.2) is 192 Å². The van der Waals surface area contributed by atoms with E-state index in [-0.39, 0.29) is 31.4 Å². The summed E-state index contributed by atoms with van der Waals surface area (Å²) in [6.45, 7) is 0. The van der Waals surface area contributed by atoms with Gasteiger partial charge >= 0.3 is 12.1 Å². The van der Waals surface area contributed by atoms with Crippen LogP contribution in [0.5, 0.6) is 0 Å². The van der Waals surface area contributed by atoms with E-state index >= 15 is 0 Å². The van der Waals surface area contributed by atoms with E-state index in [0.29, 0.717) is 17.8 Å². The molecule has 336 valence electrons. The Morgan fingerprint density at radius 3 is 1.12 bits per heavy atom. The van der Waals surface area contributed by atoms with Crippen molar-refractivity contribution in [1.82, 2.24) is 9.44 Å². The van der Waals surface area contributed by atoms with Gasteiger partial charge in [0.15, 0.2) is 10.2 Å². The molecule has 8 N–H and O–H groups in total. The van der Waals surface area contributed by atoms with Crippen molar-refractivity contribution in [2.24, 2.45) is 0 Å². The molecule has 8 aromatic rings. The molecule has 0 aliphatic heterocycles. The molecule has 0 aliphatic carbocycles. The van der Waals surface area contributed by atoms with Crippen molar-refractivity contribution in [3.05, 3.63) is 193 Å². The minimum atomic E-state index is -4.35. The Morgan fingerprint density at radius 1 is 0.373 bits per heavy atom. The van der Waals surface area contributed by atoms with Gasteiger partial charge in [0.25, 0.3) is 20.0 Å². The highest BCUT2D eigenvalue weighted by atomic mass is 32.2. The van der Waals surface area contributed by atoms with Crippen LogP contribution >= 0.6 is 24.4 Å². The maximum absolute atomic E-state index is 13.4. The standard InChI is InChI=1S/C49H40N8O6S4/c58-46(56-66(60,61)44-21-7-5-17-42(44)54-48(64)52-40-19-9-13-34-11-1-3-15-38(34)40)50-36-27-23-32(24-28-36)31-33-25-29-37(30-26-33)51-47(59)57-67(62,63)45-22-8-6-18-43(45)55-49(65)53-41-20-10-14-35-12-2-4-16-39(35)41/h1-30H,31H2,(H2,50,56,58)(H2,51,57,59)(H2,52,54,64)(H2,53,55,65). The molecule has 8 aromatic carbocycles. The van der Waals surface area contributed by atoms with Gasteiger partial charge in [-0.2, -0.15) is 0 Å². The zero-order chi connectivity index (χ0) is 47.0. The average Bonchev–Trinajstić information content (AvgIpc) is 3.30. The number of carbonyl (C=O) groups excluding carboxylic acids is 2. The van der Waals surface area contributed by atoms with Crippen molar-refractivity contribution in [2.75, 3.05) is 31.9 Å². The van der Waals surface area contributed by atoms with E-state index in [2.05, 4.69) is 41.3 Å². The summed E-state index contributed by atoms with van der Waals surface area (Å²) in [6.07, 6.45) is 0.476. The number of thiocarbonyl (C=S) groups is 2. The van der Waals surface area contributed by atoms with E-state index in [1.165, 1.54) is 24.3 Å². The molecule has 67 heavy (non-hydrogen) atoms. The van der Waals surface area contributed by atoms with E-state index in [1.54, 1.807) is 72.8 Å². The molecule has 18 heteroatoms. The number of urea groups is 2. The third-order valence-corrected chi connectivity index (χ3v) is 13.4. The first-order valence-electron chi connectivity index (χ1n) is 20.4. The second-order valence-electron chi connectivity index (χ2n) is 14.9. The van der Waals surface area contributed by atoms with Gasteiger partial charge in [0.05, 0.1) is 11.4 Å². The summed E-state index contributed by atoms with van der Waals surface area (Å²) in [5.74, 6) is 0. The minimum absolute atomic E-state index is 0.160. The van der Waals surface area contributed by atoms with Crippen LogP contribution in [0.2, 0.25) is 0 Å². The van der Waals surface area contributed by atoms with Gasteiger partial charge in [-0.1, -0.05) is 121 Å². The zero-order valence-corrected chi connectivity index (χ0v) is 38.4. The molecule has 0 heterocycles. The fourth-order valence-electron chi connectivity index (χ4n) is 7.14. The van der Waals surface area contributed by atoms with Gasteiger partial charge in [-0.05, 0) is 113 Å². The summed E-state index contributed by atoms with van der Waals surface area (Å²) in [4.78, 5) is 25.5. The topological polar surface area (TPSA) is 199 Å². The number of para-hydroxylation sites is 2. The summed E-state index contributed by atoms with van der Waals surface area (Å²) in [5, 5.41) is 21.4. The quantitative estimate of drug-likeness (QED) is 0.0540. The fourth-order valence-corrected chi connectivity index (χ4v) is 9.73. The molecule has 0 bridgehead atoms. The Labute approximate surface area is 397 Å². The Morgan fingerprint density at radius 2 is 0.701 bits per heavy atom. The van der Waals surface area contributed by atoms with E-state index in [9.17, 15) is 26.4 Å². The average molecular weight is 965 g/mol. The molecule has 0 radical (unpaired) electrons. The Kier molecular flexibility index (Phi) is 13.7. The second-order valence-corrected chi connectivity index (χ2v) is 19.0. The highest BCUT2D eigenvalue weighted by Crippen LogP contribution is 2.27. The number of nitrogens with one attached hydrogen (secondary N) is 8. The second kappa shape index (κ2) is 20.1. The molecule has 0 unspecified atom stereocenters. The molecule has 0 aliphatic rings. The predicted molar refractivity (Wildman–Crippen MR) is 275 cm³/mol. The van der Waals surface area contributed by atoms with Crippen LogP contribution in [-0.2, 0) is 26.5 Å². The van der Waals surface area contributed by atoms with Crippen molar-refractivity contribution >= 4 is 122 Å². The lowest BCUT2D eigenvalue weighted by Crippen LogP contribution is -2.35. The Balaban J connectivity index is 0.820. The number of amides is 4. The lowest BCUT2D eigenvalue weighted by Gasteiger charge is -2.16. The van der Waals surface area contributed by atoms with Gasteiger partial charge < -0.3 is 31.9 Å². The Hall–Kier alpha value is -7.90. The lowest BCUT2D eigenvalue weighted by molar-refractivity contribution is 0.255. The van der Waals surface area contributed by atoms with Gasteiger partial charge in [0.2, 0.25) is 0 Å².